The number of Topliss-reactive ketones (excluding diaryl/α,β-unsaturated/α-hetero) is 1. The van der Waals surface area contributed by atoms with Gasteiger partial charge in [-0.25, -0.2) is 0 Å². The highest BCUT2D eigenvalue weighted by Crippen LogP contribution is 2.50. The Hall–Kier alpha value is -4.33. The lowest BCUT2D eigenvalue weighted by molar-refractivity contribution is -0.140. The lowest BCUT2D eigenvalue weighted by Gasteiger charge is -2.27. The molecule has 0 radical (unpaired) electrons. The molecule has 8 heteroatoms. The minimum absolute atomic E-state index is 0.320. The van der Waals surface area contributed by atoms with Crippen LogP contribution in [0.5, 0.6) is 17.2 Å². The van der Waals surface area contributed by atoms with E-state index in [0.717, 1.165) is 0 Å². The summed E-state index contributed by atoms with van der Waals surface area (Å²) in [5.74, 6) is -0.306. The zero-order valence-electron chi connectivity index (χ0n) is 18.8. The fraction of sp³-hybridized carbons (Fsp3) is 0.192. The molecular weight excluding hydrogens is 436 g/mol. The van der Waals surface area contributed by atoms with Gasteiger partial charge in [0.2, 0.25) is 0 Å². The van der Waals surface area contributed by atoms with E-state index in [1.54, 1.807) is 60.7 Å². The molecule has 3 aromatic carbocycles. The summed E-state index contributed by atoms with van der Waals surface area (Å²) in [5, 5.41) is 7.14. The monoisotopic (exact) mass is 458 g/mol. The predicted octanol–water partition coefficient (Wildman–Crippen LogP) is 3.79. The molecule has 0 saturated heterocycles. The van der Waals surface area contributed by atoms with Crippen molar-refractivity contribution in [2.45, 2.75) is 5.60 Å². The second-order valence-corrected chi connectivity index (χ2v) is 7.90. The van der Waals surface area contributed by atoms with Crippen molar-refractivity contribution in [2.75, 3.05) is 26.6 Å². The SMILES string of the molecule is COc1cccc(C(=O)[C@H]2C(c3ccc(OC)c(OC)c3)=NO[C@@]23C(=O)Nc2ccccc23)c1. The molecule has 1 amide bonds. The number of ketones is 1. The summed E-state index contributed by atoms with van der Waals surface area (Å²) in [5.41, 5.74) is 0.771. The lowest BCUT2D eigenvalue weighted by atomic mass is 9.74. The maximum atomic E-state index is 14.0. The van der Waals surface area contributed by atoms with Crippen molar-refractivity contribution < 1.29 is 28.6 Å². The minimum atomic E-state index is -1.64. The molecule has 5 rings (SSSR count). The van der Waals surface area contributed by atoms with Crippen LogP contribution >= 0.6 is 0 Å². The van der Waals surface area contributed by atoms with Gasteiger partial charge in [0.05, 0.1) is 21.3 Å². The Morgan fingerprint density at radius 3 is 2.50 bits per heavy atom. The van der Waals surface area contributed by atoms with E-state index >= 15 is 0 Å². The Morgan fingerprint density at radius 1 is 0.941 bits per heavy atom. The number of amides is 1. The average Bonchev–Trinajstić information content (AvgIpc) is 3.42. The highest BCUT2D eigenvalue weighted by atomic mass is 16.7. The highest BCUT2D eigenvalue weighted by molar-refractivity contribution is 6.25. The molecule has 1 spiro atoms. The zero-order chi connectivity index (χ0) is 23.9. The summed E-state index contributed by atoms with van der Waals surface area (Å²) >= 11 is 0. The molecule has 0 bridgehead atoms. The Balaban J connectivity index is 1.69. The summed E-state index contributed by atoms with van der Waals surface area (Å²) < 4.78 is 16.1. The van der Waals surface area contributed by atoms with Crippen LogP contribution in [0.3, 0.4) is 0 Å². The Morgan fingerprint density at radius 2 is 1.74 bits per heavy atom. The van der Waals surface area contributed by atoms with Gasteiger partial charge in [-0.15, -0.1) is 0 Å². The quantitative estimate of drug-likeness (QED) is 0.565. The predicted molar refractivity (Wildman–Crippen MR) is 125 cm³/mol. The van der Waals surface area contributed by atoms with Crippen molar-refractivity contribution in [2.24, 2.45) is 11.1 Å². The van der Waals surface area contributed by atoms with E-state index in [4.69, 9.17) is 19.0 Å². The number of nitrogens with one attached hydrogen (secondary N) is 1. The second kappa shape index (κ2) is 8.22. The highest BCUT2D eigenvalue weighted by Gasteiger charge is 2.63. The topological polar surface area (TPSA) is 95.5 Å². The first kappa shape index (κ1) is 21.5. The van der Waals surface area contributed by atoms with Crippen molar-refractivity contribution >= 4 is 23.1 Å². The molecule has 3 aromatic rings. The summed E-state index contributed by atoms with van der Waals surface area (Å²) in [4.78, 5) is 33.3. The normalized spacial score (nSPS) is 20.3. The Kier molecular flexibility index (Phi) is 5.20. The number of fused-ring (bicyclic) bond motifs is 2. The van der Waals surface area contributed by atoms with Crippen LogP contribution < -0.4 is 19.5 Å². The molecule has 172 valence electrons. The Bertz CT molecular complexity index is 1330. The van der Waals surface area contributed by atoms with E-state index < -0.39 is 17.4 Å². The fourth-order valence-electron chi connectivity index (χ4n) is 4.52. The van der Waals surface area contributed by atoms with Crippen LogP contribution in [0.2, 0.25) is 0 Å². The second-order valence-electron chi connectivity index (χ2n) is 7.90. The van der Waals surface area contributed by atoms with Crippen molar-refractivity contribution in [3.05, 3.63) is 83.4 Å². The van der Waals surface area contributed by atoms with Gasteiger partial charge in [-0.05, 0) is 36.4 Å². The van der Waals surface area contributed by atoms with Gasteiger partial charge in [0.15, 0.2) is 17.3 Å². The first-order valence-electron chi connectivity index (χ1n) is 10.6. The molecule has 2 heterocycles. The first-order chi connectivity index (χ1) is 16.5. The number of anilines is 1. The van der Waals surface area contributed by atoms with Gasteiger partial charge in [-0.1, -0.05) is 35.5 Å². The zero-order valence-corrected chi connectivity index (χ0v) is 18.8. The van der Waals surface area contributed by atoms with Crippen LogP contribution in [0.1, 0.15) is 21.5 Å². The van der Waals surface area contributed by atoms with Crippen LogP contribution in [0, 0.1) is 5.92 Å². The summed E-state index contributed by atoms with van der Waals surface area (Å²) in [7, 11) is 4.59. The maximum Gasteiger partial charge on any atom is 0.277 e. The number of carbonyl (C=O) groups is 2. The summed E-state index contributed by atoms with van der Waals surface area (Å²) in [6, 6.07) is 19.1. The van der Waals surface area contributed by atoms with Crippen LogP contribution in [0.25, 0.3) is 0 Å². The molecule has 0 saturated carbocycles. The third-order valence-corrected chi connectivity index (χ3v) is 6.18. The Labute approximate surface area is 196 Å². The molecule has 2 aliphatic heterocycles. The fourth-order valence-corrected chi connectivity index (χ4v) is 4.52. The molecule has 2 aliphatic rings. The third-order valence-electron chi connectivity index (χ3n) is 6.18. The van der Waals surface area contributed by atoms with Crippen LogP contribution in [0.15, 0.2) is 71.9 Å². The number of hydrogen-bond acceptors (Lipinski definition) is 7. The van der Waals surface area contributed by atoms with Crippen molar-refractivity contribution in [1.82, 2.24) is 0 Å². The number of ether oxygens (including phenoxy) is 3. The number of hydrogen-bond donors (Lipinski definition) is 1. The van der Waals surface area contributed by atoms with Gasteiger partial charge in [0.1, 0.15) is 17.4 Å². The van der Waals surface area contributed by atoms with E-state index in [2.05, 4.69) is 10.5 Å². The first-order valence-corrected chi connectivity index (χ1v) is 10.6. The van der Waals surface area contributed by atoms with E-state index in [1.165, 1.54) is 21.3 Å². The van der Waals surface area contributed by atoms with Gasteiger partial charge >= 0.3 is 0 Å². The molecule has 0 aromatic heterocycles. The number of nitrogens with zero attached hydrogens (tertiary/aromatic N) is 1. The third kappa shape index (κ3) is 3.10. The molecule has 34 heavy (non-hydrogen) atoms. The van der Waals surface area contributed by atoms with E-state index in [9.17, 15) is 9.59 Å². The summed E-state index contributed by atoms with van der Waals surface area (Å²) in [6.07, 6.45) is 0. The number of methoxy groups -OCH3 is 3. The van der Waals surface area contributed by atoms with Gasteiger partial charge in [-0.3, -0.25) is 9.59 Å². The minimum Gasteiger partial charge on any atom is -0.497 e. The van der Waals surface area contributed by atoms with Crippen LogP contribution in [0.4, 0.5) is 5.69 Å². The van der Waals surface area contributed by atoms with Gasteiger partial charge < -0.3 is 24.4 Å². The lowest BCUT2D eigenvalue weighted by Crippen LogP contribution is -2.46. The van der Waals surface area contributed by atoms with Crippen molar-refractivity contribution in [3.8, 4) is 17.2 Å². The molecule has 1 N–H and O–H groups in total. The molecule has 8 nitrogen and oxygen atoms in total. The van der Waals surface area contributed by atoms with Gasteiger partial charge in [0.25, 0.3) is 11.5 Å². The van der Waals surface area contributed by atoms with Crippen molar-refractivity contribution in [3.63, 3.8) is 0 Å². The largest absolute Gasteiger partial charge is 0.497 e. The number of benzene rings is 3. The number of carbonyl (C=O) groups excluding carboxylic acids is 2. The smallest absolute Gasteiger partial charge is 0.277 e. The van der Waals surface area contributed by atoms with E-state index in [1.807, 2.05) is 6.07 Å². The molecular formula is C26H22N2O6. The van der Waals surface area contributed by atoms with E-state index in [0.29, 0.717) is 45.3 Å². The van der Waals surface area contributed by atoms with E-state index in [-0.39, 0.29) is 5.78 Å². The van der Waals surface area contributed by atoms with Crippen LogP contribution in [-0.2, 0) is 15.2 Å². The average molecular weight is 458 g/mol. The maximum absolute atomic E-state index is 14.0. The number of rotatable bonds is 6. The van der Waals surface area contributed by atoms with Gasteiger partial charge in [0, 0.05) is 22.4 Å². The van der Waals surface area contributed by atoms with Gasteiger partial charge in [-0.2, -0.15) is 0 Å². The molecule has 2 atom stereocenters. The van der Waals surface area contributed by atoms with Crippen molar-refractivity contribution in [1.29, 1.82) is 0 Å². The number of oxime groups is 1. The molecule has 0 unspecified atom stereocenters. The number of para-hydroxylation sites is 1. The molecule has 0 aliphatic carbocycles. The molecule has 0 fully saturated rings. The standard InChI is InChI=1S/C26H22N2O6/c1-31-17-8-6-7-16(13-17)24(29)22-23(15-11-12-20(32-2)21(14-15)33-3)28-34-26(22)18-9-4-5-10-19(18)27-25(26)30/h4-14,22H,1-3H3,(H,27,30)/t22-,26-/m1/s1. The van der Waals surface area contributed by atoms with Crippen LogP contribution in [-0.4, -0.2) is 38.7 Å². The summed E-state index contributed by atoms with van der Waals surface area (Å²) in [6.45, 7) is 0.